The average Bonchev–Trinajstić information content (AvgIpc) is 3.42. The number of tetrazole rings is 1. The zero-order valence-electron chi connectivity index (χ0n) is 19.5. The van der Waals surface area contributed by atoms with Crippen LogP contribution in [0.4, 0.5) is 0 Å². The summed E-state index contributed by atoms with van der Waals surface area (Å²) >= 11 is 0. The van der Waals surface area contributed by atoms with E-state index in [0.29, 0.717) is 29.4 Å². The van der Waals surface area contributed by atoms with Crippen molar-refractivity contribution >= 4 is 5.91 Å². The predicted molar refractivity (Wildman–Crippen MR) is 126 cm³/mol. The molecule has 8 heteroatoms. The van der Waals surface area contributed by atoms with Crippen molar-refractivity contribution in [3.05, 3.63) is 94.3 Å². The van der Waals surface area contributed by atoms with Gasteiger partial charge >= 0.3 is 0 Å². The smallest absolute Gasteiger partial charge is 0.255 e. The Morgan fingerprint density at radius 2 is 1.71 bits per heavy atom. The van der Waals surface area contributed by atoms with Crippen LogP contribution in [-0.4, -0.2) is 45.2 Å². The van der Waals surface area contributed by atoms with Gasteiger partial charge in [0.15, 0.2) is 5.82 Å². The van der Waals surface area contributed by atoms with E-state index < -0.39 is 6.04 Å². The zero-order valence-corrected chi connectivity index (χ0v) is 19.5. The summed E-state index contributed by atoms with van der Waals surface area (Å²) in [7, 11) is 3.23. The highest BCUT2D eigenvalue weighted by atomic mass is 16.5. The first-order chi connectivity index (χ1) is 16.5. The third kappa shape index (κ3) is 3.48. The summed E-state index contributed by atoms with van der Waals surface area (Å²) in [5, 5.41) is 12.7. The largest absolute Gasteiger partial charge is 0.497 e. The number of aryl methyl sites for hydroxylation is 2. The Morgan fingerprint density at radius 3 is 2.44 bits per heavy atom. The molecule has 1 amide bonds. The third-order valence-corrected chi connectivity index (χ3v) is 6.28. The number of amides is 1. The summed E-state index contributed by atoms with van der Waals surface area (Å²) in [6.07, 6.45) is 0. The van der Waals surface area contributed by atoms with E-state index in [1.54, 1.807) is 23.8 Å². The molecule has 8 nitrogen and oxygen atoms in total. The molecule has 1 unspecified atom stereocenters. The van der Waals surface area contributed by atoms with E-state index in [2.05, 4.69) is 15.5 Å². The Bertz CT molecular complexity index is 1360. The first-order valence-electron chi connectivity index (χ1n) is 11.0. The molecule has 1 atom stereocenters. The van der Waals surface area contributed by atoms with E-state index in [1.165, 1.54) is 0 Å². The second kappa shape index (κ2) is 8.62. The van der Waals surface area contributed by atoms with Gasteiger partial charge in [-0.25, -0.2) is 0 Å². The molecule has 0 spiro atoms. The van der Waals surface area contributed by atoms with Crippen LogP contribution in [0.1, 0.15) is 44.5 Å². The van der Waals surface area contributed by atoms with Crippen LogP contribution in [-0.2, 0) is 6.54 Å². The minimum absolute atomic E-state index is 0.0819. The van der Waals surface area contributed by atoms with Gasteiger partial charge in [0.1, 0.15) is 17.5 Å². The molecule has 0 saturated carbocycles. The van der Waals surface area contributed by atoms with Gasteiger partial charge < -0.3 is 14.4 Å². The normalized spacial score (nSPS) is 14.9. The molecule has 0 bridgehead atoms. The van der Waals surface area contributed by atoms with Crippen LogP contribution >= 0.6 is 0 Å². The Morgan fingerprint density at radius 1 is 0.941 bits per heavy atom. The van der Waals surface area contributed by atoms with Crippen molar-refractivity contribution < 1.29 is 14.3 Å². The Balaban J connectivity index is 1.66. The molecule has 1 aromatic heterocycles. The van der Waals surface area contributed by atoms with Crippen LogP contribution < -0.4 is 9.47 Å². The number of carbonyl (C=O) groups excluding carboxylic acids is 1. The number of carbonyl (C=O) groups is 1. The number of nitrogens with zero attached hydrogens (tertiary/aromatic N) is 5. The summed E-state index contributed by atoms with van der Waals surface area (Å²) < 4.78 is 12.7. The van der Waals surface area contributed by atoms with Crippen molar-refractivity contribution in [3.8, 4) is 17.2 Å². The molecule has 1 aliphatic rings. The molecular formula is C26H25N5O3. The van der Waals surface area contributed by atoms with Crippen molar-refractivity contribution in [1.82, 2.24) is 25.1 Å². The average molecular weight is 456 g/mol. The lowest BCUT2D eigenvalue weighted by molar-refractivity contribution is 0.0727. The summed E-state index contributed by atoms with van der Waals surface area (Å²) in [5.74, 6) is 1.87. The Hall–Kier alpha value is -4.20. The van der Waals surface area contributed by atoms with E-state index in [9.17, 15) is 4.79 Å². The molecule has 5 rings (SSSR count). The fourth-order valence-electron chi connectivity index (χ4n) is 4.66. The van der Waals surface area contributed by atoms with Gasteiger partial charge in [-0.1, -0.05) is 36.4 Å². The number of hydrogen-bond acceptors (Lipinski definition) is 6. The van der Waals surface area contributed by atoms with Crippen LogP contribution in [0.15, 0.2) is 60.7 Å². The maximum Gasteiger partial charge on any atom is 0.255 e. The lowest BCUT2D eigenvalue weighted by Crippen LogP contribution is -2.30. The number of ether oxygens (including phenoxy) is 2. The van der Waals surface area contributed by atoms with Crippen LogP contribution in [0, 0.1) is 13.8 Å². The number of benzene rings is 3. The third-order valence-electron chi connectivity index (χ3n) is 6.28. The van der Waals surface area contributed by atoms with E-state index in [1.807, 2.05) is 74.5 Å². The van der Waals surface area contributed by atoms with Crippen molar-refractivity contribution in [3.63, 3.8) is 0 Å². The number of hydrogen-bond donors (Lipinski definition) is 0. The van der Waals surface area contributed by atoms with Gasteiger partial charge in [-0.15, -0.1) is 5.10 Å². The molecule has 34 heavy (non-hydrogen) atoms. The topological polar surface area (TPSA) is 82.4 Å². The minimum Gasteiger partial charge on any atom is -0.497 e. The maximum absolute atomic E-state index is 13.6. The van der Waals surface area contributed by atoms with Gasteiger partial charge in [-0.05, 0) is 65.2 Å². The first kappa shape index (κ1) is 21.6. The maximum atomic E-state index is 13.6. The van der Waals surface area contributed by atoms with Crippen LogP contribution in [0.2, 0.25) is 0 Å². The van der Waals surface area contributed by atoms with Gasteiger partial charge in [0.05, 0.1) is 26.5 Å². The summed E-state index contributed by atoms with van der Waals surface area (Å²) in [4.78, 5) is 15.4. The molecule has 0 aliphatic carbocycles. The summed E-state index contributed by atoms with van der Waals surface area (Å²) in [6.45, 7) is 4.36. The summed E-state index contributed by atoms with van der Waals surface area (Å²) in [6, 6.07) is 18.8. The van der Waals surface area contributed by atoms with Crippen molar-refractivity contribution in [2.24, 2.45) is 0 Å². The number of para-hydroxylation sites is 1. The molecule has 0 saturated heterocycles. The highest BCUT2D eigenvalue weighted by Gasteiger charge is 2.41. The fraction of sp³-hybridized carbons (Fsp3) is 0.231. The van der Waals surface area contributed by atoms with Gasteiger partial charge in [0.2, 0.25) is 0 Å². The minimum atomic E-state index is -0.464. The molecule has 0 fully saturated rings. The van der Waals surface area contributed by atoms with E-state index in [-0.39, 0.29) is 5.91 Å². The number of rotatable bonds is 6. The number of methoxy groups -OCH3 is 2. The number of fused-ring (bicyclic) bond motifs is 1. The van der Waals surface area contributed by atoms with Crippen molar-refractivity contribution in [1.29, 1.82) is 0 Å². The Labute approximate surface area is 197 Å². The van der Waals surface area contributed by atoms with Gasteiger partial charge in [0.25, 0.3) is 5.91 Å². The molecule has 2 heterocycles. The predicted octanol–water partition coefficient (Wildman–Crippen LogP) is 4.04. The standard InChI is InChI=1S/C26H25N5O3/c1-16-8-7-9-17(2)23(16)31-25(27-28-29-31)24-20-10-5-6-11-21(20)26(32)30(24)15-18-14-19(33-3)12-13-22(18)34-4/h5-14,24H,15H2,1-4H3. The van der Waals surface area contributed by atoms with Crippen LogP contribution in [0.25, 0.3) is 5.69 Å². The SMILES string of the molecule is COc1ccc(OC)c(CN2C(=O)c3ccccc3C2c2nnnn2-c2c(C)cccc2C)c1. The monoisotopic (exact) mass is 455 g/mol. The second-order valence-electron chi connectivity index (χ2n) is 8.29. The lowest BCUT2D eigenvalue weighted by atomic mass is 10.0. The lowest BCUT2D eigenvalue weighted by Gasteiger charge is -2.26. The fourth-order valence-corrected chi connectivity index (χ4v) is 4.66. The zero-order chi connectivity index (χ0) is 23.8. The van der Waals surface area contributed by atoms with Crippen molar-refractivity contribution in [2.75, 3.05) is 14.2 Å². The molecule has 172 valence electrons. The molecule has 4 aromatic rings. The molecule has 1 aliphatic heterocycles. The van der Waals surface area contributed by atoms with E-state index in [0.717, 1.165) is 27.9 Å². The Kier molecular flexibility index (Phi) is 5.49. The molecule has 0 N–H and O–H groups in total. The second-order valence-corrected chi connectivity index (χ2v) is 8.29. The first-order valence-corrected chi connectivity index (χ1v) is 11.0. The van der Waals surface area contributed by atoms with Crippen LogP contribution in [0.3, 0.4) is 0 Å². The summed E-state index contributed by atoms with van der Waals surface area (Å²) in [5.41, 5.74) is 5.36. The van der Waals surface area contributed by atoms with Crippen molar-refractivity contribution in [2.45, 2.75) is 26.4 Å². The molecule has 3 aromatic carbocycles. The van der Waals surface area contributed by atoms with Gasteiger partial charge in [0, 0.05) is 11.1 Å². The van der Waals surface area contributed by atoms with Gasteiger partial charge in [-0.2, -0.15) is 4.68 Å². The van der Waals surface area contributed by atoms with Gasteiger partial charge in [-0.3, -0.25) is 4.79 Å². The van der Waals surface area contributed by atoms with Crippen LogP contribution in [0.5, 0.6) is 11.5 Å². The molecular weight excluding hydrogens is 430 g/mol. The highest BCUT2D eigenvalue weighted by molar-refractivity contribution is 5.99. The van der Waals surface area contributed by atoms with E-state index in [4.69, 9.17) is 9.47 Å². The quantitative estimate of drug-likeness (QED) is 0.436. The highest BCUT2D eigenvalue weighted by Crippen LogP contribution is 2.40. The number of aromatic nitrogens is 4. The molecule has 0 radical (unpaired) electrons. The van der Waals surface area contributed by atoms with E-state index >= 15 is 0 Å².